The van der Waals surface area contributed by atoms with E-state index in [4.69, 9.17) is 18.0 Å². The highest BCUT2D eigenvalue weighted by Gasteiger charge is 2.07. The molecule has 0 aliphatic rings. The van der Waals surface area contributed by atoms with Crippen molar-refractivity contribution in [2.75, 3.05) is 5.32 Å². The van der Waals surface area contributed by atoms with Crippen LogP contribution in [0.5, 0.6) is 0 Å². The summed E-state index contributed by atoms with van der Waals surface area (Å²) in [5.74, 6) is 0.717. The topological polar surface area (TPSA) is 68.8 Å². The summed E-state index contributed by atoms with van der Waals surface area (Å²) in [6.45, 7) is 0.526. The molecule has 0 amide bonds. The fourth-order valence-corrected chi connectivity index (χ4v) is 2.04. The number of hydrogen-bond donors (Lipinski definition) is 2. The number of rotatable bonds is 4. The van der Waals surface area contributed by atoms with Crippen molar-refractivity contribution in [3.05, 3.63) is 40.4 Å². The zero-order valence-electron chi connectivity index (χ0n) is 9.72. The van der Waals surface area contributed by atoms with Crippen LogP contribution < -0.4 is 11.1 Å². The summed E-state index contributed by atoms with van der Waals surface area (Å²) in [6, 6.07) is 5.73. The highest BCUT2D eigenvalue weighted by atomic mass is 79.9. The molecule has 0 aliphatic carbocycles. The van der Waals surface area contributed by atoms with E-state index >= 15 is 0 Å². The molecule has 7 heteroatoms. The van der Waals surface area contributed by atoms with Crippen LogP contribution in [0, 0.1) is 0 Å². The number of nitrogens with one attached hydrogen (secondary N) is 1. The number of anilines is 1. The smallest absolute Gasteiger partial charge is 0.169 e. The van der Waals surface area contributed by atoms with Gasteiger partial charge < -0.3 is 11.1 Å². The van der Waals surface area contributed by atoms with Gasteiger partial charge in [-0.15, -0.1) is 0 Å². The van der Waals surface area contributed by atoms with Gasteiger partial charge in [-0.25, -0.2) is 4.98 Å². The third-order valence-electron chi connectivity index (χ3n) is 2.33. The fraction of sp³-hybridized carbons (Fsp3) is 0.182. The predicted molar refractivity (Wildman–Crippen MR) is 78.4 cm³/mol. The van der Waals surface area contributed by atoms with Crippen LogP contribution in [0.4, 0.5) is 5.69 Å². The van der Waals surface area contributed by atoms with Gasteiger partial charge in [-0.1, -0.05) is 28.1 Å². The predicted octanol–water partition coefficient (Wildman–Crippen LogP) is 1.82. The lowest BCUT2D eigenvalue weighted by atomic mass is 10.2. The van der Waals surface area contributed by atoms with Crippen LogP contribution in [0.1, 0.15) is 11.4 Å². The van der Waals surface area contributed by atoms with Gasteiger partial charge in [0.2, 0.25) is 0 Å². The summed E-state index contributed by atoms with van der Waals surface area (Å²) in [6.07, 6.45) is 1.66. The highest BCUT2D eigenvalue weighted by molar-refractivity contribution is 9.10. The molecule has 94 valence electrons. The molecule has 0 bridgehead atoms. The van der Waals surface area contributed by atoms with Gasteiger partial charge in [-0.3, -0.25) is 4.68 Å². The summed E-state index contributed by atoms with van der Waals surface area (Å²) in [7, 11) is 1.83. The lowest BCUT2D eigenvalue weighted by molar-refractivity contribution is 0.747. The number of hydrogen-bond acceptors (Lipinski definition) is 4. The maximum atomic E-state index is 5.69. The Bertz CT molecular complexity index is 581. The minimum atomic E-state index is 0.354. The first-order valence-corrected chi connectivity index (χ1v) is 6.44. The van der Waals surface area contributed by atoms with Crippen LogP contribution in [0.2, 0.25) is 0 Å². The summed E-state index contributed by atoms with van der Waals surface area (Å²) < 4.78 is 2.60. The van der Waals surface area contributed by atoms with Gasteiger partial charge >= 0.3 is 0 Å². The molecule has 0 aliphatic heterocycles. The van der Waals surface area contributed by atoms with Crippen LogP contribution in [0.15, 0.2) is 29.0 Å². The first-order valence-electron chi connectivity index (χ1n) is 5.24. The van der Waals surface area contributed by atoms with E-state index in [1.165, 1.54) is 0 Å². The standard InChI is InChI=1S/C11H12BrN5S/c1-17-6-15-10(16-17)5-14-9-3-2-7(12)4-8(9)11(13)18/h2-4,6,14H,5H2,1H3,(H2,13,18). The van der Waals surface area contributed by atoms with Gasteiger partial charge in [-0.2, -0.15) is 5.10 Å². The van der Waals surface area contributed by atoms with Gasteiger partial charge in [0.25, 0.3) is 0 Å². The second-order valence-corrected chi connectivity index (χ2v) is 5.10. The maximum absolute atomic E-state index is 5.69. The van der Waals surface area contributed by atoms with Crippen LogP contribution >= 0.6 is 28.1 Å². The number of halogens is 1. The van der Waals surface area contributed by atoms with Crippen molar-refractivity contribution in [2.24, 2.45) is 12.8 Å². The number of thiocarbonyl (C=S) groups is 1. The maximum Gasteiger partial charge on any atom is 0.169 e. The average Bonchev–Trinajstić information content (AvgIpc) is 2.73. The molecule has 0 spiro atoms. The van der Waals surface area contributed by atoms with Gasteiger partial charge in [0.15, 0.2) is 5.82 Å². The zero-order chi connectivity index (χ0) is 13.1. The Kier molecular flexibility index (Phi) is 3.93. The number of benzene rings is 1. The largest absolute Gasteiger partial charge is 0.389 e. The van der Waals surface area contributed by atoms with E-state index in [0.29, 0.717) is 17.4 Å². The van der Waals surface area contributed by atoms with Crippen molar-refractivity contribution in [1.82, 2.24) is 14.8 Å². The van der Waals surface area contributed by atoms with Crippen LogP contribution in [-0.4, -0.2) is 19.8 Å². The van der Waals surface area contributed by atoms with Crippen LogP contribution in [0.3, 0.4) is 0 Å². The molecule has 18 heavy (non-hydrogen) atoms. The first kappa shape index (κ1) is 13.0. The first-order chi connectivity index (χ1) is 8.56. The van der Waals surface area contributed by atoms with Gasteiger partial charge in [-0.05, 0) is 18.2 Å². The van der Waals surface area contributed by atoms with E-state index in [2.05, 4.69) is 31.3 Å². The third kappa shape index (κ3) is 3.05. The highest BCUT2D eigenvalue weighted by Crippen LogP contribution is 2.21. The molecule has 2 aromatic rings. The molecule has 0 saturated heterocycles. The van der Waals surface area contributed by atoms with E-state index in [1.54, 1.807) is 11.0 Å². The zero-order valence-corrected chi connectivity index (χ0v) is 12.1. The number of aryl methyl sites for hydroxylation is 1. The van der Waals surface area contributed by atoms with Crippen LogP contribution in [0.25, 0.3) is 0 Å². The monoisotopic (exact) mass is 325 g/mol. The molecule has 0 fully saturated rings. The number of nitrogens with two attached hydrogens (primary N) is 1. The molecule has 5 nitrogen and oxygen atoms in total. The Hall–Kier alpha value is -1.47. The van der Waals surface area contributed by atoms with E-state index in [1.807, 2.05) is 25.2 Å². The second-order valence-electron chi connectivity index (χ2n) is 3.74. The van der Waals surface area contributed by atoms with E-state index in [0.717, 1.165) is 15.7 Å². The molecule has 1 aromatic heterocycles. The lowest BCUT2D eigenvalue weighted by Crippen LogP contribution is -2.13. The minimum absolute atomic E-state index is 0.354. The molecule has 0 saturated carbocycles. The molecule has 0 radical (unpaired) electrons. The Morgan fingerprint density at radius 2 is 2.33 bits per heavy atom. The van der Waals surface area contributed by atoms with Gasteiger partial charge in [0.05, 0.1) is 6.54 Å². The molecule has 1 aromatic carbocycles. The minimum Gasteiger partial charge on any atom is -0.389 e. The quantitative estimate of drug-likeness (QED) is 0.839. The summed E-state index contributed by atoms with van der Waals surface area (Å²) in [5.41, 5.74) is 7.37. The number of aromatic nitrogens is 3. The second kappa shape index (κ2) is 5.45. The van der Waals surface area contributed by atoms with E-state index in [9.17, 15) is 0 Å². The van der Waals surface area contributed by atoms with Crippen molar-refractivity contribution in [3.8, 4) is 0 Å². The molecular formula is C11H12BrN5S. The third-order valence-corrected chi connectivity index (χ3v) is 3.04. The normalized spacial score (nSPS) is 10.3. The van der Waals surface area contributed by atoms with Crippen molar-refractivity contribution in [3.63, 3.8) is 0 Å². The average molecular weight is 326 g/mol. The van der Waals surface area contributed by atoms with Crippen molar-refractivity contribution in [2.45, 2.75) is 6.54 Å². The van der Waals surface area contributed by atoms with E-state index in [-0.39, 0.29) is 0 Å². The van der Waals surface area contributed by atoms with Crippen molar-refractivity contribution in [1.29, 1.82) is 0 Å². The molecule has 0 unspecified atom stereocenters. The summed E-state index contributed by atoms with van der Waals surface area (Å²) >= 11 is 8.42. The Labute approximate surface area is 119 Å². The van der Waals surface area contributed by atoms with Crippen molar-refractivity contribution >= 4 is 38.8 Å². The summed E-state index contributed by atoms with van der Waals surface area (Å²) in [4.78, 5) is 4.49. The van der Waals surface area contributed by atoms with Crippen molar-refractivity contribution < 1.29 is 0 Å². The van der Waals surface area contributed by atoms with Gasteiger partial charge in [0, 0.05) is 22.8 Å². The fourth-order valence-electron chi connectivity index (χ4n) is 1.51. The Morgan fingerprint density at radius 3 is 2.94 bits per heavy atom. The molecule has 3 N–H and O–H groups in total. The Balaban J connectivity index is 2.16. The SMILES string of the molecule is Cn1cnc(CNc2ccc(Br)cc2C(N)=S)n1. The number of nitrogens with zero attached hydrogens (tertiary/aromatic N) is 3. The molecule has 0 atom stereocenters. The molecular weight excluding hydrogens is 314 g/mol. The Morgan fingerprint density at radius 1 is 1.56 bits per heavy atom. The molecule has 2 rings (SSSR count). The van der Waals surface area contributed by atoms with E-state index < -0.39 is 0 Å². The lowest BCUT2D eigenvalue weighted by Gasteiger charge is -2.10. The summed E-state index contributed by atoms with van der Waals surface area (Å²) in [5, 5.41) is 7.41. The van der Waals surface area contributed by atoms with Crippen LogP contribution in [-0.2, 0) is 13.6 Å². The van der Waals surface area contributed by atoms with Gasteiger partial charge in [0.1, 0.15) is 11.3 Å². The molecule has 1 heterocycles.